The van der Waals surface area contributed by atoms with Crippen molar-refractivity contribution in [2.75, 3.05) is 6.61 Å². The Morgan fingerprint density at radius 3 is 2.77 bits per heavy atom. The first-order chi connectivity index (χ1) is 12.4. The lowest BCUT2D eigenvalue weighted by Gasteiger charge is -2.01. The van der Waals surface area contributed by atoms with Gasteiger partial charge in [0, 0.05) is 0 Å². The van der Waals surface area contributed by atoms with Crippen molar-refractivity contribution in [1.29, 1.82) is 0 Å². The van der Waals surface area contributed by atoms with Crippen LogP contribution in [0.2, 0.25) is 0 Å². The molecule has 0 spiro atoms. The second-order valence-electron chi connectivity index (χ2n) is 6.10. The molecule has 0 atom stereocenters. The quantitative estimate of drug-likeness (QED) is 0.699. The normalized spacial score (nSPS) is 11.4. The zero-order valence-corrected chi connectivity index (χ0v) is 16.0. The molecule has 0 saturated carbocycles. The number of ether oxygens (including phenoxy) is 1. The zero-order chi connectivity index (χ0) is 18.8. The van der Waals surface area contributed by atoms with Crippen LogP contribution in [0, 0.1) is 20.8 Å². The number of fused-ring (bicyclic) bond motifs is 1. The molecule has 0 unspecified atom stereocenters. The van der Waals surface area contributed by atoms with Crippen molar-refractivity contribution < 1.29 is 9.53 Å². The van der Waals surface area contributed by atoms with Crippen molar-refractivity contribution in [3.63, 3.8) is 0 Å². The van der Waals surface area contributed by atoms with Crippen molar-refractivity contribution in [2.45, 2.75) is 27.7 Å². The van der Waals surface area contributed by atoms with Crippen LogP contribution >= 0.6 is 11.3 Å². The number of H-pyrrole nitrogens is 1. The molecule has 6 heteroatoms. The van der Waals surface area contributed by atoms with Gasteiger partial charge in [-0.2, -0.15) is 0 Å². The van der Waals surface area contributed by atoms with Gasteiger partial charge in [-0.25, -0.2) is 9.78 Å². The Morgan fingerprint density at radius 1 is 1.27 bits per heavy atom. The highest BCUT2D eigenvalue weighted by Gasteiger charge is 2.19. The third kappa shape index (κ3) is 3.46. The summed E-state index contributed by atoms with van der Waals surface area (Å²) in [6.07, 6.45) is 3.71. The molecule has 2 heterocycles. The summed E-state index contributed by atoms with van der Waals surface area (Å²) in [4.78, 5) is 32.8. The summed E-state index contributed by atoms with van der Waals surface area (Å²) in [5, 5.41) is 0.446. The fraction of sp³-hybridized carbons (Fsp3) is 0.250. The highest BCUT2D eigenvalue weighted by Crippen LogP contribution is 2.27. The van der Waals surface area contributed by atoms with E-state index in [0.717, 1.165) is 11.1 Å². The van der Waals surface area contributed by atoms with Crippen LogP contribution in [0.1, 0.15) is 44.7 Å². The molecule has 1 N–H and O–H groups in total. The van der Waals surface area contributed by atoms with E-state index in [-0.39, 0.29) is 5.56 Å². The summed E-state index contributed by atoms with van der Waals surface area (Å²) >= 11 is 1.19. The molecule has 3 aromatic rings. The monoisotopic (exact) mass is 368 g/mol. The lowest BCUT2D eigenvalue weighted by Crippen LogP contribution is -2.10. The number of carbonyl (C=O) groups excluding carboxylic acids is 1. The van der Waals surface area contributed by atoms with Crippen molar-refractivity contribution in [1.82, 2.24) is 9.97 Å². The van der Waals surface area contributed by atoms with Crippen LogP contribution in [0.4, 0.5) is 0 Å². The average Bonchev–Trinajstić information content (AvgIpc) is 2.93. The Labute approximate surface area is 155 Å². The number of aromatic nitrogens is 2. The molecule has 1 aromatic carbocycles. The van der Waals surface area contributed by atoms with E-state index in [2.05, 4.69) is 28.2 Å². The number of aryl methyl sites for hydroxylation is 3. The third-order valence-corrected chi connectivity index (χ3v) is 5.30. The summed E-state index contributed by atoms with van der Waals surface area (Å²) in [5.74, 6) is 0.0416. The molecule has 5 nitrogen and oxygen atoms in total. The Balaban J connectivity index is 2.03. The predicted molar refractivity (Wildman–Crippen MR) is 106 cm³/mol. The third-order valence-electron chi connectivity index (χ3n) is 4.14. The van der Waals surface area contributed by atoms with Crippen molar-refractivity contribution in [3.8, 4) is 0 Å². The molecule has 0 saturated heterocycles. The van der Waals surface area contributed by atoms with Crippen LogP contribution in [-0.4, -0.2) is 22.5 Å². The first-order valence-corrected chi connectivity index (χ1v) is 9.18. The summed E-state index contributed by atoms with van der Waals surface area (Å²) in [6.45, 7) is 7.86. The number of benzene rings is 1. The van der Waals surface area contributed by atoms with Gasteiger partial charge in [-0.3, -0.25) is 4.79 Å². The molecule has 0 aliphatic heterocycles. The maximum absolute atomic E-state index is 12.5. The van der Waals surface area contributed by atoms with Crippen molar-refractivity contribution in [2.24, 2.45) is 0 Å². The minimum absolute atomic E-state index is 0.250. The fourth-order valence-corrected chi connectivity index (χ4v) is 3.82. The lowest BCUT2D eigenvalue weighted by molar-refractivity contribution is 0.0531. The van der Waals surface area contributed by atoms with E-state index in [1.807, 2.05) is 19.9 Å². The molecule has 26 heavy (non-hydrogen) atoms. The van der Waals surface area contributed by atoms with Crippen molar-refractivity contribution in [3.05, 3.63) is 61.5 Å². The van der Waals surface area contributed by atoms with Gasteiger partial charge in [0.25, 0.3) is 5.56 Å². The first kappa shape index (κ1) is 18.1. The molecule has 0 aliphatic carbocycles. The number of nitrogens with one attached hydrogen (secondary N) is 1. The molecule has 3 rings (SSSR count). The Hall–Kier alpha value is -2.73. The number of hydrogen-bond donors (Lipinski definition) is 1. The van der Waals surface area contributed by atoms with E-state index in [1.54, 1.807) is 19.9 Å². The Bertz CT molecular complexity index is 1080. The van der Waals surface area contributed by atoms with Crippen molar-refractivity contribution >= 4 is 39.7 Å². The van der Waals surface area contributed by atoms with Crippen LogP contribution in [0.5, 0.6) is 0 Å². The highest BCUT2D eigenvalue weighted by atomic mass is 32.1. The molecule has 0 radical (unpaired) electrons. The Kier molecular flexibility index (Phi) is 5.04. The van der Waals surface area contributed by atoms with Gasteiger partial charge in [0.2, 0.25) is 0 Å². The van der Waals surface area contributed by atoms with Crippen LogP contribution in [0.25, 0.3) is 22.4 Å². The topological polar surface area (TPSA) is 72.0 Å². The Morgan fingerprint density at radius 2 is 2.04 bits per heavy atom. The number of thiophene rings is 1. The van der Waals surface area contributed by atoms with Gasteiger partial charge in [0.1, 0.15) is 15.5 Å². The van der Waals surface area contributed by atoms with Gasteiger partial charge >= 0.3 is 5.97 Å². The van der Waals surface area contributed by atoms with E-state index in [9.17, 15) is 9.59 Å². The number of rotatable bonds is 4. The number of nitrogens with zero attached hydrogens (tertiary/aromatic N) is 1. The zero-order valence-electron chi connectivity index (χ0n) is 15.2. The minimum atomic E-state index is -0.417. The van der Waals surface area contributed by atoms with Crippen LogP contribution < -0.4 is 5.56 Å². The van der Waals surface area contributed by atoms with E-state index < -0.39 is 5.97 Å². The summed E-state index contributed by atoms with van der Waals surface area (Å²) in [7, 11) is 0. The summed E-state index contributed by atoms with van der Waals surface area (Å²) in [5.41, 5.74) is 3.75. The molecule has 2 aromatic heterocycles. The van der Waals surface area contributed by atoms with Crippen LogP contribution in [0.3, 0.4) is 0 Å². The number of hydrogen-bond acceptors (Lipinski definition) is 5. The average molecular weight is 368 g/mol. The number of carbonyl (C=O) groups is 1. The molecule has 0 amide bonds. The lowest BCUT2D eigenvalue weighted by atomic mass is 10.1. The van der Waals surface area contributed by atoms with Gasteiger partial charge < -0.3 is 9.72 Å². The predicted octanol–water partition coefficient (Wildman–Crippen LogP) is 4.26. The van der Waals surface area contributed by atoms with Gasteiger partial charge in [-0.15, -0.1) is 11.3 Å². The van der Waals surface area contributed by atoms with E-state index in [0.29, 0.717) is 33.1 Å². The molecule has 0 aliphatic rings. The summed E-state index contributed by atoms with van der Waals surface area (Å²) < 4.78 is 5.06. The standard InChI is InChI=1S/C20H20N2O3S/c1-5-25-20(24)17-13(4)16-18(23)21-15(22-19(16)26-17)9-8-14-10-11(2)6-7-12(14)3/h6-10H,5H2,1-4H3,(H,21,22,23)/b9-8+. The maximum atomic E-state index is 12.5. The van der Waals surface area contributed by atoms with Gasteiger partial charge in [-0.05, 0) is 50.5 Å². The smallest absolute Gasteiger partial charge is 0.348 e. The van der Waals surface area contributed by atoms with Gasteiger partial charge in [0.15, 0.2) is 0 Å². The number of esters is 1. The van der Waals surface area contributed by atoms with Crippen LogP contribution in [0.15, 0.2) is 23.0 Å². The van der Waals surface area contributed by atoms with Gasteiger partial charge in [-0.1, -0.05) is 29.8 Å². The minimum Gasteiger partial charge on any atom is -0.462 e. The second-order valence-corrected chi connectivity index (χ2v) is 7.10. The molecule has 134 valence electrons. The van der Waals surface area contributed by atoms with Crippen LogP contribution in [-0.2, 0) is 4.74 Å². The first-order valence-electron chi connectivity index (χ1n) is 8.36. The maximum Gasteiger partial charge on any atom is 0.348 e. The molecular formula is C20H20N2O3S. The van der Waals surface area contributed by atoms with E-state index in [4.69, 9.17) is 4.74 Å². The fourth-order valence-electron chi connectivity index (χ4n) is 2.74. The highest BCUT2D eigenvalue weighted by molar-refractivity contribution is 7.20. The number of aromatic amines is 1. The SMILES string of the molecule is CCOC(=O)c1sc2nc(/C=C/c3cc(C)ccc3C)[nH]c(=O)c2c1C. The summed E-state index contributed by atoms with van der Waals surface area (Å²) in [6, 6.07) is 6.20. The van der Waals surface area contributed by atoms with E-state index >= 15 is 0 Å². The van der Waals surface area contributed by atoms with Gasteiger partial charge in [0.05, 0.1) is 12.0 Å². The molecule has 0 bridgehead atoms. The van der Waals surface area contributed by atoms with E-state index in [1.165, 1.54) is 16.9 Å². The molecule has 0 fully saturated rings. The second kappa shape index (κ2) is 7.25. The largest absolute Gasteiger partial charge is 0.462 e. The molecular weight excluding hydrogens is 348 g/mol.